The fourth-order valence-corrected chi connectivity index (χ4v) is 3.15. The van der Waals surface area contributed by atoms with Gasteiger partial charge in [-0.2, -0.15) is 0 Å². The van der Waals surface area contributed by atoms with Crippen LogP contribution in [0.1, 0.15) is 44.8 Å². The first kappa shape index (κ1) is 15.9. The van der Waals surface area contributed by atoms with E-state index in [1.807, 2.05) is 5.38 Å². The number of nitrogens with zero attached hydrogens (tertiary/aromatic N) is 3. The van der Waals surface area contributed by atoms with Gasteiger partial charge >= 0.3 is 0 Å². The summed E-state index contributed by atoms with van der Waals surface area (Å²) in [5.74, 6) is 0.605. The van der Waals surface area contributed by atoms with Crippen LogP contribution in [0.3, 0.4) is 0 Å². The quantitative estimate of drug-likeness (QED) is 0.687. The van der Waals surface area contributed by atoms with Crippen LogP contribution in [-0.4, -0.2) is 15.0 Å². The zero-order valence-electron chi connectivity index (χ0n) is 12.0. The number of hydrogen-bond donors (Lipinski definition) is 0. The second kappa shape index (κ2) is 6.08. The highest BCUT2D eigenvalue weighted by Crippen LogP contribution is 2.31. The molecule has 0 aliphatic carbocycles. The van der Waals surface area contributed by atoms with Crippen molar-refractivity contribution in [3.8, 4) is 11.5 Å². The Hall–Kier alpha value is -0.520. The molecule has 3 nitrogen and oxygen atoms in total. The highest BCUT2D eigenvalue weighted by Gasteiger charge is 2.20. The van der Waals surface area contributed by atoms with E-state index < -0.39 is 0 Å². The molecule has 2 aromatic heterocycles. The molecule has 0 unspecified atom stereocenters. The molecule has 108 valence electrons. The predicted molar refractivity (Wildman–Crippen MR) is 88.5 cm³/mol. The van der Waals surface area contributed by atoms with Crippen LogP contribution < -0.4 is 0 Å². The van der Waals surface area contributed by atoms with Gasteiger partial charge in [-0.15, -0.1) is 11.3 Å². The molecule has 0 atom stereocenters. The third-order valence-corrected chi connectivity index (χ3v) is 5.34. The Morgan fingerprint density at radius 1 is 1.25 bits per heavy atom. The molecule has 6 heteroatoms. The molecule has 2 aromatic rings. The van der Waals surface area contributed by atoms with Crippen molar-refractivity contribution in [2.75, 3.05) is 0 Å². The SMILES string of the molecule is CCCc1nc(-c2csc(C(C)(C)C)n2)nc(Cl)c1Br. The summed E-state index contributed by atoms with van der Waals surface area (Å²) in [6, 6.07) is 0. The second-order valence-corrected chi connectivity index (χ2v) is 7.65. The van der Waals surface area contributed by atoms with Gasteiger partial charge in [-0.3, -0.25) is 0 Å². The van der Waals surface area contributed by atoms with E-state index in [2.05, 4.69) is 58.6 Å². The molecule has 0 saturated heterocycles. The van der Waals surface area contributed by atoms with Gasteiger partial charge in [-0.25, -0.2) is 15.0 Å². The molecule has 2 rings (SSSR count). The number of aryl methyl sites for hydroxylation is 1. The Morgan fingerprint density at radius 2 is 1.95 bits per heavy atom. The standard InChI is InChI=1S/C14H17BrClN3S/c1-5-6-8-10(15)11(16)19-12(17-8)9-7-20-13(18-9)14(2,3)4/h7H,5-6H2,1-4H3. The monoisotopic (exact) mass is 373 g/mol. The van der Waals surface area contributed by atoms with Crippen molar-refractivity contribution in [3.05, 3.63) is 25.7 Å². The van der Waals surface area contributed by atoms with E-state index in [1.165, 1.54) is 0 Å². The van der Waals surface area contributed by atoms with Crippen LogP contribution >= 0.6 is 38.9 Å². The maximum atomic E-state index is 6.18. The largest absolute Gasteiger partial charge is 0.237 e. The van der Waals surface area contributed by atoms with Crippen molar-refractivity contribution in [2.24, 2.45) is 0 Å². The molecular weight excluding hydrogens is 358 g/mol. The Kier molecular flexibility index (Phi) is 4.82. The lowest BCUT2D eigenvalue weighted by Crippen LogP contribution is -2.10. The molecule has 0 radical (unpaired) electrons. The lowest BCUT2D eigenvalue weighted by atomic mass is 9.98. The van der Waals surface area contributed by atoms with Crippen molar-refractivity contribution in [1.29, 1.82) is 0 Å². The summed E-state index contributed by atoms with van der Waals surface area (Å²) in [5.41, 5.74) is 1.77. The zero-order valence-corrected chi connectivity index (χ0v) is 15.2. The smallest absolute Gasteiger partial charge is 0.180 e. The minimum atomic E-state index is 0.0360. The van der Waals surface area contributed by atoms with Gasteiger partial charge in [-0.1, -0.05) is 45.7 Å². The summed E-state index contributed by atoms with van der Waals surface area (Å²) < 4.78 is 0.788. The van der Waals surface area contributed by atoms with Crippen LogP contribution in [0.4, 0.5) is 0 Å². The Balaban J connectivity index is 2.45. The van der Waals surface area contributed by atoms with Gasteiger partial charge in [0, 0.05) is 10.8 Å². The summed E-state index contributed by atoms with van der Waals surface area (Å²) in [5, 5.41) is 3.52. The average Bonchev–Trinajstić information content (AvgIpc) is 2.84. The predicted octanol–water partition coefficient (Wildman–Crippen LogP) is 5.27. The van der Waals surface area contributed by atoms with E-state index in [0.29, 0.717) is 11.0 Å². The molecule has 2 heterocycles. The summed E-state index contributed by atoms with van der Waals surface area (Å²) in [4.78, 5) is 13.6. The average molecular weight is 375 g/mol. The van der Waals surface area contributed by atoms with E-state index in [-0.39, 0.29) is 5.41 Å². The zero-order chi connectivity index (χ0) is 14.9. The van der Waals surface area contributed by atoms with E-state index in [1.54, 1.807) is 11.3 Å². The van der Waals surface area contributed by atoms with Gasteiger partial charge in [0.15, 0.2) is 5.82 Å². The first-order chi connectivity index (χ1) is 9.32. The molecule has 0 spiro atoms. The van der Waals surface area contributed by atoms with E-state index in [9.17, 15) is 0 Å². The van der Waals surface area contributed by atoms with Gasteiger partial charge in [0.2, 0.25) is 0 Å². The molecule has 0 saturated carbocycles. The minimum absolute atomic E-state index is 0.0360. The number of hydrogen-bond acceptors (Lipinski definition) is 4. The van der Waals surface area contributed by atoms with Crippen molar-refractivity contribution in [3.63, 3.8) is 0 Å². The topological polar surface area (TPSA) is 38.7 Å². The number of thiazole rings is 1. The third-order valence-electron chi connectivity index (χ3n) is 2.74. The first-order valence-corrected chi connectivity index (χ1v) is 8.56. The molecule has 0 aliphatic rings. The van der Waals surface area contributed by atoms with E-state index in [4.69, 9.17) is 11.6 Å². The lowest BCUT2D eigenvalue weighted by Gasteiger charge is -2.13. The van der Waals surface area contributed by atoms with Crippen molar-refractivity contribution in [1.82, 2.24) is 15.0 Å². The Morgan fingerprint density at radius 3 is 2.50 bits per heavy atom. The normalized spacial score (nSPS) is 11.9. The highest BCUT2D eigenvalue weighted by molar-refractivity contribution is 9.10. The van der Waals surface area contributed by atoms with E-state index in [0.717, 1.165) is 33.7 Å². The molecule has 0 aliphatic heterocycles. The van der Waals surface area contributed by atoms with Gasteiger partial charge < -0.3 is 0 Å². The minimum Gasteiger partial charge on any atom is -0.237 e. The molecule has 0 amide bonds. The Labute approximate surface area is 137 Å². The molecule has 20 heavy (non-hydrogen) atoms. The van der Waals surface area contributed by atoms with Crippen molar-refractivity contribution >= 4 is 38.9 Å². The lowest BCUT2D eigenvalue weighted by molar-refractivity contribution is 0.586. The summed E-state index contributed by atoms with van der Waals surface area (Å²) in [6.07, 6.45) is 1.88. The molecule has 0 bridgehead atoms. The maximum absolute atomic E-state index is 6.18. The van der Waals surface area contributed by atoms with Gasteiger partial charge in [-0.05, 0) is 22.4 Å². The van der Waals surface area contributed by atoms with Gasteiger partial charge in [0.05, 0.1) is 15.2 Å². The summed E-state index contributed by atoms with van der Waals surface area (Å²) in [6.45, 7) is 8.55. The van der Waals surface area contributed by atoms with Crippen LogP contribution in [0.5, 0.6) is 0 Å². The third kappa shape index (κ3) is 3.38. The van der Waals surface area contributed by atoms with Gasteiger partial charge in [0.25, 0.3) is 0 Å². The van der Waals surface area contributed by atoms with Gasteiger partial charge in [0.1, 0.15) is 10.8 Å². The van der Waals surface area contributed by atoms with Crippen LogP contribution in [0.2, 0.25) is 5.15 Å². The highest BCUT2D eigenvalue weighted by atomic mass is 79.9. The summed E-state index contributed by atoms with van der Waals surface area (Å²) in [7, 11) is 0. The van der Waals surface area contributed by atoms with E-state index >= 15 is 0 Å². The maximum Gasteiger partial charge on any atom is 0.180 e. The van der Waals surface area contributed by atoms with Crippen LogP contribution in [-0.2, 0) is 11.8 Å². The van der Waals surface area contributed by atoms with Crippen molar-refractivity contribution in [2.45, 2.75) is 46.0 Å². The fraction of sp³-hybridized carbons (Fsp3) is 0.500. The van der Waals surface area contributed by atoms with Crippen LogP contribution in [0.25, 0.3) is 11.5 Å². The number of halogens is 2. The summed E-state index contributed by atoms with van der Waals surface area (Å²) >= 11 is 11.3. The molecule has 0 fully saturated rings. The van der Waals surface area contributed by atoms with Crippen LogP contribution in [0, 0.1) is 0 Å². The molecule has 0 N–H and O–H groups in total. The van der Waals surface area contributed by atoms with Crippen molar-refractivity contribution < 1.29 is 0 Å². The number of aromatic nitrogens is 3. The second-order valence-electron chi connectivity index (χ2n) is 5.64. The van der Waals surface area contributed by atoms with Crippen LogP contribution in [0.15, 0.2) is 9.85 Å². The fourth-order valence-electron chi connectivity index (χ4n) is 1.70. The first-order valence-electron chi connectivity index (χ1n) is 6.51. The molecule has 0 aromatic carbocycles. The Bertz CT molecular complexity index is 619. The molecular formula is C14H17BrClN3S. The number of rotatable bonds is 3.